The highest BCUT2D eigenvalue weighted by Gasteiger charge is 2.21. The molecule has 0 fully saturated rings. The molecule has 0 aromatic heterocycles. The SMILES string of the molecule is [1H][13C]([1H])(C)Sc1cc2c(cc1OC)C(CC)CCC2.[1H][13C]([2H])([2H])Sc1cc2cc3c(cc2cc1OC)CCCC3.[2H][13C]([2H])(C)Sc1cc2ccccc2cc1OC. The molecule has 0 N–H and O–H groups in total. The molecule has 0 spiro atoms. The summed E-state index contributed by atoms with van der Waals surface area (Å²) in [6, 6.07) is 24.5. The molecule has 266 valence electrons. The maximum Gasteiger partial charge on any atom is 0.133 e. The maximum absolute atomic E-state index is 7.73. The van der Waals surface area contributed by atoms with Gasteiger partial charge in [-0.25, -0.2) is 0 Å². The summed E-state index contributed by atoms with van der Waals surface area (Å²) in [5.74, 6) is 2.81. The first-order chi connectivity index (χ1) is 26.9. The van der Waals surface area contributed by atoms with Crippen molar-refractivity contribution in [3.8, 4) is 17.2 Å². The van der Waals surface area contributed by atoms with Gasteiger partial charge < -0.3 is 14.2 Å². The fourth-order valence-corrected chi connectivity index (χ4v) is 8.71. The summed E-state index contributed by atoms with van der Waals surface area (Å²) in [5.41, 5.74) is 3.03. The van der Waals surface area contributed by atoms with E-state index in [2.05, 4.69) is 31.2 Å². The molecule has 6 heteroatoms. The van der Waals surface area contributed by atoms with E-state index in [1.165, 1.54) is 71.5 Å². The van der Waals surface area contributed by atoms with Crippen molar-refractivity contribution in [2.24, 2.45) is 0 Å². The third-order valence-corrected chi connectivity index (χ3v) is 11.5. The highest BCUT2D eigenvalue weighted by atomic mass is 32.2. The lowest BCUT2D eigenvalue weighted by molar-refractivity contribution is 0.401. The Labute approximate surface area is 323 Å². The van der Waals surface area contributed by atoms with Crippen molar-refractivity contribution in [3.05, 3.63) is 95.1 Å². The normalized spacial score (nSPS) is 17.7. The highest BCUT2D eigenvalue weighted by molar-refractivity contribution is 7.99. The largest absolute Gasteiger partial charge is 0.496 e. The molecule has 1 atom stereocenters. The minimum Gasteiger partial charge on any atom is -0.496 e. The van der Waals surface area contributed by atoms with Crippen LogP contribution in [-0.4, -0.2) is 38.9 Å². The number of rotatable bonds is 9. The second-order valence-corrected chi connectivity index (χ2v) is 15.2. The lowest BCUT2D eigenvalue weighted by Crippen LogP contribution is -2.09. The number of hydrogen-bond donors (Lipinski definition) is 0. The molecule has 0 saturated heterocycles. The van der Waals surface area contributed by atoms with E-state index < -0.39 is 17.6 Å². The summed E-state index contributed by atoms with van der Waals surface area (Å²) >= 11 is 3.30. The van der Waals surface area contributed by atoms with E-state index in [9.17, 15) is 0 Å². The van der Waals surface area contributed by atoms with Gasteiger partial charge in [-0.1, -0.05) is 57.2 Å². The number of benzene rings is 5. The van der Waals surface area contributed by atoms with E-state index in [-0.39, 0.29) is 0 Å². The number of thioether (sulfide) groups is 3. The first kappa shape index (κ1) is 29.6. The van der Waals surface area contributed by atoms with Crippen molar-refractivity contribution < 1.29 is 23.8 Å². The molecule has 0 saturated carbocycles. The Balaban J connectivity index is 0.000000164. The predicted octanol–water partition coefficient (Wildman–Crippen LogP) is 13.0. The Hall–Kier alpha value is -2.93. The van der Waals surface area contributed by atoms with Gasteiger partial charge >= 0.3 is 0 Å². The maximum atomic E-state index is 7.73. The third-order valence-electron chi connectivity index (χ3n) is 9.51. The van der Waals surface area contributed by atoms with Crippen LogP contribution in [-0.2, 0) is 19.3 Å². The molecule has 3 nitrogen and oxygen atoms in total. The van der Waals surface area contributed by atoms with Crippen LogP contribution < -0.4 is 14.2 Å². The minimum absolute atomic E-state index is 0.634. The molecule has 7 rings (SSSR count). The van der Waals surface area contributed by atoms with Gasteiger partial charge in [0.25, 0.3) is 0 Å². The van der Waals surface area contributed by atoms with Crippen LogP contribution in [0.3, 0.4) is 0 Å². The zero-order valence-corrected chi connectivity index (χ0v) is 32.6. The highest BCUT2D eigenvalue weighted by Crippen LogP contribution is 2.41. The number of fused-ring (bicyclic) bond motifs is 4. The molecule has 0 amide bonds. The van der Waals surface area contributed by atoms with Gasteiger partial charge in [-0.15, -0.1) is 35.3 Å². The first-order valence-electron chi connectivity index (χ1n) is 20.9. The van der Waals surface area contributed by atoms with E-state index in [1.807, 2.05) is 48.5 Å². The molecule has 2 aliphatic rings. The number of methoxy groups -OCH3 is 3. The van der Waals surface area contributed by atoms with Gasteiger partial charge in [0.05, 0.1) is 21.3 Å². The Morgan fingerprint density at radius 2 is 1.26 bits per heavy atom. The van der Waals surface area contributed by atoms with Crippen LogP contribution in [0.4, 0.5) is 0 Å². The molecule has 50 heavy (non-hydrogen) atoms. The first-order valence-corrected chi connectivity index (χ1v) is 19.8. The smallest absolute Gasteiger partial charge is 0.133 e. The fourth-order valence-electron chi connectivity index (χ4n) is 6.97. The van der Waals surface area contributed by atoms with E-state index in [1.54, 1.807) is 35.2 Å². The van der Waals surface area contributed by atoms with E-state index in [4.69, 9.17) is 23.8 Å². The number of aryl methyl sites for hydroxylation is 3. The van der Waals surface area contributed by atoms with Gasteiger partial charge in [0.2, 0.25) is 0 Å². The van der Waals surface area contributed by atoms with Gasteiger partial charge in [0.15, 0.2) is 0 Å². The van der Waals surface area contributed by atoms with Gasteiger partial charge in [-0.2, -0.15) is 0 Å². The lowest BCUT2D eigenvalue weighted by atomic mass is 9.81. The van der Waals surface area contributed by atoms with Crippen LogP contribution in [0, 0.1) is 0 Å². The van der Waals surface area contributed by atoms with E-state index >= 15 is 0 Å². The van der Waals surface area contributed by atoms with E-state index in [0.717, 1.165) is 80.3 Å². The topological polar surface area (TPSA) is 27.7 Å². The molecule has 0 aliphatic heterocycles. The van der Waals surface area contributed by atoms with Gasteiger partial charge in [-0.3, -0.25) is 0 Å². The Bertz CT molecular complexity index is 2150. The van der Waals surface area contributed by atoms with Crippen LogP contribution in [0.2, 0.25) is 0 Å². The monoisotopic (exact) mass is 733 g/mol. The molecule has 5 aromatic rings. The molecular weight excluding hydrogens is 676 g/mol. The van der Waals surface area contributed by atoms with Gasteiger partial charge in [-0.05, 0) is 155 Å². The van der Waals surface area contributed by atoms with E-state index in [0.29, 0.717) is 16.6 Å². The van der Waals surface area contributed by atoms with Crippen LogP contribution in [0.15, 0.2) is 87.5 Å². The summed E-state index contributed by atoms with van der Waals surface area (Å²) in [6.07, 6.45) is 7.46. The average molecular weight is 734 g/mol. The van der Waals surface area contributed by atoms with Crippen molar-refractivity contribution in [1.82, 2.24) is 0 Å². The van der Waals surface area contributed by atoms with Crippen LogP contribution in [0.1, 0.15) is 90.6 Å². The van der Waals surface area contributed by atoms with Crippen molar-refractivity contribution in [1.29, 1.82) is 0 Å². The summed E-state index contributed by atoms with van der Waals surface area (Å²) < 4.78 is 69.2. The second kappa shape index (κ2) is 19.1. The van der Waals surface area contributed by atoms with Crippen molar-refractivity contribution >= 4 is 56.8 Å². The molecule has 0 radical (unpaired) electrons. The molecule has 0 heterocycles. The summed E-state index contributed by atoms with van der Waals surface area (Å²) in [6.45, 7) is 5.37. The van der Waals surface area contributed by atoms with Crippen LogP contribution in [0.25, 0.3) is 21.5 Å². The summed E-state index contributed by atoms with van der Waals surface area (Å²) in [5, 5.41) is 4.43. The quantitative estimate of drug-likeness (QED) is 0.111. The average Bonchev–Trinajstić information content (AvgIpc) is 3.14. The number of hydrogen-bond acceptors (Lipinski definition) is 6. The van der Waals surface area contributed by atoms with Crippen molar-refractivity contribution in [2.45, 2.75) is 92.7 Å². The Morgan fingerprint density at radius 3 is 1.88 bits per heavy atom. The fraction of sp³-hybridized carbons (Fsp3) is 0.409. The molecular formula is C44H54O3S3. The molecule has 2 aliphatic carbocycles. The molecule has 1 unspecified atom stereocenters. The third kappa shape index (κ3) is 9.29. The van der Waals surface area contributed by atoms with Gasteiger partial charge in [0, 0.05) is 24.3 Å². The van der Waals surface area contributed by atoms with Crippen LogP contribution >= 0.6 is 35.3 Å². The zero-order chi connectivity index (χ0) is 41.5. The predicted molar refractivity (Wildman–Crippen MR) is 221 cm³/mol. The summed E-state index contributed by atoms with van der Waals surface area (Å²) in [7, 11) is 4.86. The van der Waals surface area contributed by atoms with Crippen molar-refractivity contribution in [3.63, 3.8) is 0 Å². The van der Waals surface area contributed by atoms with Gasteiger partial charge in [0.1, 0.15) is 17.2 Å². The standard InChI is InChI=1S/C16H18OS.C15H22OS.C13H14OS/c1-17-15-9-13-7-11-5-3-4-6-12(11)8-14(13)10-16(15)18-2;1-4-11-7-6-8-12-9-15(17-5-2)14(16-3)10-13(11)12;1-3-15-13-9-11-7-5-4-6-10(11)8-12(13)14-2/h7-10H,3-6H2,1-2H3;9-11H,4-8H2,1-3H3;4-9H,3H2,1-2H3/i2+1D2H;5+1H2;3+1D2. The molecule has 5 aromatic carbocycles. The number of ether oxygens (including phenoxy) is 3. The lowest BCUT2D eigenvalue weighted by Gasteiger charge is -2.26. The van der Waals surface area contributed by atoms with Crippen molar-refractivity contribution in [2.75, 3.05) is 38.9 Å². The molecule has 0 bridgehead atoms. The Morgan fingerprint density at radius 1 is 0.700 bits per heavy atom. The minimum atomic E-state index is -2.06. The Kier molecular flexibility index (Phi) is 11.3. The second-order valence-electron chi connectivity index (χ2n) is 12.4. The summed E-state index contributed by atoms with van der Waals surface area (Å²) in [4.78, 5) is 2.44. The van der Waals surface area contributed by atoms with Crippen LogP contribution in [0.5, 0.6) is 17.2 Å². The zero-order valence-electron chi connectivity index (χ0n) is 37.1.